The van der Waals surface area contributed by atoms with Crippen molar-refractivity contribution in [2.45, 2.75) is 58.9 Å². The molecule has 3 nitrogen and oxygen atoms in total. The van der Waals surface area contributed by atoms with Crippen molar-refractivity contribution in [2.24, 2.45) is 5.73 Å². The van der Waals surface area contributed by atoms with Gasteiger partial charge in [0, 0.05) is 17.3 Å². The maximum Gasteiger partial charge on any atom is 0.255 e. The van der Waals surface area contributed by atoms with Crippen molar-refractivity contribution in [3.63, 3.8) is 0 Å². The summed E-state index contributed by atoms with van der Waals surface area (Å²) in [5, 5.41) is 2.99. The normalized spacial score (nSPS) is 19.1. The SMILES string of the molecule is CC.Cc1ccccc1NC(=O)c1ccc(C2CCC(N)C2)c(C)c1. The molecule has 1 aliphatic rings. The lowest BCUT2D eigenvalue weighted by Crippen LogP contribution is -2.15. The molecule has 3 N–H and O–H groups in total. The van der Waals surface area contributed by atoms with Gasteiger partial charge in [-0.15, -0.1) is 0 Å². The Morgan fingerprint density at radius 3 is 2.36 bits per heavy atom. The molecule has 2 unspecified atom stereocenters. The minimum atomic E-state index is -0.0583. The summed E-state index contributed by atoms with van der Waals surface area (Å²) in [4.78, 5) is 12.5. The Labute approximate surface area is 151 Å². The van der Waals surface area contributed by atoms with Gasteiger partial charge in [0.05, 0.1) is 0 Å². The molecule has 2 aromatic carbocycles. The van der Waals surface area contributed by atoms with Crippen LogP contribution in [0.5, 0.6) is 0 Å². The molecular formula is C22H30N2O. The van der Waals surface area contributed by atoms with E-state index < -0.39 is 0 Å². The summed E-state index contributed by atoms with van der Waals surface area (Å²) >= 11 is 0. The molecule has 1 fully saturated rings. The maximum atomic E-state index is 12.5. The Morgan fingerprint density at radius 1 is 1.04 bits per heavy atom. The van der Waals surface area contributed by atoms with Gasteiger partial charge < -0.3 is 11.1 Å². The molecule has 0 spiro atoms. The van der Waals surface area contributed by atoms with E-state index in [1.165, 1.54) is 11.1 Å². The van der Waals surface area contributed by atoms with Crippen molar-refractivity contribution < 1.29 is 4.79 Å². The van der Waals surface area contributed by atoms with Crippen LogP contribution in [-0.2, 0) is 0 Å². The monoisotopic (exact) mass is 338 g/mol. The first kappa shape index (κ1) is 19.2. The second kappa shape index (κ2) is 8.82. The number of hydrogen-bond donors (Lipinski definition) is 2. The molecule has 134 valence electrons. The minimum absolute atomic E-state index is 0.0583. The lowest BCUT2D eigenvalue weighted by molar-refractivity contribution is 0.102. The van der Waals surface area contributed by atoms with Gasteiger partial charge in [0.2, 0.25) is 0 Å². The quantitative estimate of drug-likeness (QED) is 0.810. The fourth-order valence-corrected chi connectivity index (χ4v) is 3.48. The molecule has 3 heteroatoms. The molecule has 25 heavy (non-hydrogen) atoms. The number of carbonyl (C=O) groups excluding carboxylic acids is 1. The Hall–Kier alpha value is -2.13. The van der Waals surface area contributed by atoms with Gasteiger partial charge in [0.25, 0.3) is 5.91 Å². The van der Waals surface area contributed by atoms with Crippen LogP contribution in [0.2, 0.25) is 0 Å². The molecule has 1 saturated carbocycles. The standard InChI is InChI=1S/C20H24N2O.C2H6/c1-13-5-3-4-6-19(13)22-20(23)16-8-10-18(14(2)11-16)15-7-9-17(21)12-15;1-2/h3-6,8,10-11,15,17H,7,9,12,21H2,1-2H3,(H,22,23);1-2H3. The van der Waals surface area contributed by atoms with Crippen molar-refractivity contribution in [3.8, 4) is 0 Å². The summed E-state index contributed by atoms with van der Waals surface area (Å²) in [6.45, 7) is 8.08. The van der Waals surface area contributed by atoms with Crippen molar-refractivity contribution in [1.82, 2.24) is 0 Å². The second-order valence-corrected chi connectivity index (χ2v) is 6.61. The highest BCUT2D eigenvalue weighted by molar-refractivity contribution is 6.04. The number of nitrogens with one attached hydrogen (secondary N) is 1. The van der Waals surface area contributed by atoms with E-state index in [0.717, 1.165) is 30.5 Å². The van der Waals surface area contributed by atoms with E-state index in [9.17, 15) is 4.79 Å². The zero-order valence-electron chi connectivity index (χ0n) is 15.8. The van der Waals surface area contributed by atoms with Gasteiger partial charge in [-0.2, -0.15) is 0 Å². The van der Waals surface area contributed by atoms with E-state index in [2.05, 4.69) is 18.3 Å². The van der Waals surface area contributed by atoms with E-state index in [-0.39, 0.29) is 5.91 Å². The predicted molar refractivity (Wildman–Crippen MR) is 106 cm³/mol. The smallest absolute Gasteiger partial charge is 0.255 e. The van der Waals surface area contributed by atoms with Crippen molar-refractivity contribution in [1.29, 1.82) is 0 Å². The Bertz CT molecular complexity index is 724. The van der Waals surface area contributed by atoms with Gasteiger partial charge in [-0.05, 0) is 73.9 Å². The third-order valence-corrected chi connectivity index (χ3v) is 4.84. The van der Waals surface area contributed by atoms with Crippen molar-refractivity contribution in [2.75, 3.05) is 5.32 Å². The highest BCUT2D eigenvalue weighted by atomic mass is 16.1. The Balaban J connectivity index is 0.00000109. The molecular weight excluding hydrogens is 308 g/mol. The number of rotatable bonds is 3. The van der Waals surface area contributed by atoms with Crippen LogP contribution in [-0.4, -0.2) is 11.9 Å². The molecule has 0 aliphatic heterocycles. The largest absolute Gasteiger partial charge is 0.328 e. The highest BCUT2D eigenvalue weighted by Crippen LogP contribution is 2.35. The molecule has 0 radical (unpaired) electrons. The lowest BCUT2D eigenvalue weighted by atomic mass is 9.92. The lowest BCUT2D eigenvalue weighted by Gasteiger charge is -2.15. The average molecular weight is 338 g/mol. The fourth-order valence-electron chi connectivity index (χ4n) is 3.48. The number of benzene rings is 2. The zero-order chi connectivity index (χ0) is 18.4. The first-order valence-electron chi connectivity index (χ1n) is 9.27. The molecule has 0 heterocycles. The molecule has 0 bridgehead atoms. The molecule has 2 aromatic rings. The van der Waals surface area contributed by atoms with Gasteiger partial charge >= 0.3 is 0 Å². The second-order valence-electron chi connectivity index (χ2n) is 6.61. The predicted octanol–water partition coefficient (Wildman–Crippen LogP) is 5.18. The molecule has 1 aliphatic carbocycles. The van der Waals surface area contributed by atoms with Gasteiger partial charge in [-0.25, -0.2) is 0 Å². The van der Waals surface area contributed by atoms with E-state index in [4.69, 9.17) is 5.73 Å². The number of aryl methyl sites for hydroxylation is 2. The van der Waals surface area contributed by atoms with Crippen molar-refractivity contribution in [3.05, 3.63) is 64.7 Å². The van der Waals surface area contributed by atoms with Crippen molar-refractivity contribution >= 4 is 11.6 Å². The van der Waals surface area contributed by atoms with Crippen LogP contribution in [0, 0.1) is 13.8 Å². The molecule has 3 rings (SSSR count). The average Bonchev–Trinajstić information content (AvgIpc) is 3.04. The van der Waals surface area contributed by atoms with E-state index >= 15 is 0 Å². The summed E-state index contributed by atoms with van der Waals surface area (Å²) in [7, 11) is 0. The minimum Gasteiger partial charge on any atom is -0.328 e. The van der Waals surface area contributed by atoms with E-state index in [1.54, 1.807) is 0 Å². The van der Waals surface area contributed by atoms with Gasteiger partial charge in [0.1, 0.15) is 0 Å². The number of carbonyl (C=O) groups is 1. The summed E-state index contributed by atoms with van der Waals surface area (Å²) in [5.74, 6) is 0.482. The van der Waals surface area contributed by atoms with Crippen LogP contribution in [0.15, 0.2) is 42.5 Å². The molecule has 2 atom stereocenters. The topological polar surface area (TPSA) is 55.1 Å². The number of anilines is 1. The van der Waals surface area contributed by atoms with Gasteiger partial charge in [-0.1, -0.05) is 38.1 Å². The Morgan fingerprint density at radius 2 is 1.76 bits per heavy atom. The highest BCUT2D eigenvalue weighted by Gasteiger charge is 2.24. The van der Waals surface area contributed by atoms with Crippen LogP contribution in [0.4, 0.5) is 5.69 Å². The number of hydrogen-bond acceptors (Lipinski definition) is 2. The summed E-state index contributed by atoms with van der Waals surface area (Å²) < 4.78 is 0. The first-order chi connectivity index (χ1) is 12.0. The van der Waals surface area contributed by atoms with Crippen LogP contribution < -0.4 is 11.1 Å². The third-order valence-electron chi connectivity index (χ3n) is 4.84. The first-order valence-corrected chi connectivity index (χ1v) is 9.27. The summed E-state index contributed by atoms with van der Waals surface area (Å²) in [5.41, 5.74) is 11.2. The summed E-state index contributed by atoms with van der Waals surface area (Å²) in [6, 6.07) is 14.2. The van der Waals surface area contributed by atoms with Crippen LogP contribution in [0.1, 0.15) is 66.1 Å². The molecule has 0 aromatic heterocycles. The number of amides is 1. The molecule has 0 saturated heterocycles. The van der Waals surface area contributed by atoms with Gasteiger partial charge in [0.15, 0.2) is 0 Å². The van der Waals surface area contributed by atoms with Crippen LogP contribution in [0.3, 0.4) is 0 Å². The van der Waals surface area contributed by atoms with E-state index in [0.29, 0.717) is 17.5 Å². The Kier molecular flexibility index (Phi) is 6.77. The summed E-state index contributed by atoms with van der Waals surface area (Å²) in [6.07, 6.45) is 3.30. The maximum absolute atomic E-state index is 12.5. The van der Waals surface area contributed by atoms with Crippen LogP contribution in [0.25, 0.3) is 0 Å². The van der Waals surface area contributed by atoms with E-state index in [1.807, 2.05) is 57.2 Å². The van der Waals surface area contributed by atoms with Gasteiger partial charge in [-0.3, -0.25) is 4.79 Å². The van der Waals surface area contributed by atoms with Crippen LogP contribution >= 0.6 is 0 Å². The number of nitrogens with two attached hydrogens (primary N) is 1. The molecule has 1 amide bonds. The number of para-hydroxylation sites is 1. The zero-order valence-corrected chi connectivity index (χ0v) is 15.8. The fraction of sp³-hybridized carbons (Fsp3) is 0.409. The third kappa shape index (κ3) is 4.70.